The number of carbonyl (C=O) groups is 1. The first-order valence-corrected chi connectivity index (χ1v) is 10.4. The van der Waals surface area contributed by atoms with Crippen LogP contribution in [0, 0.1) is 22.7 Å². The summed E-state index contributed by atoms with van der Waals surface area (Å²) in [6.45, 7) is 10.2. The van der Waals surface area contributed by atoms with E-state index in [1.807, 2.05) is 26.8 Å². The molecular weight excluding hydrogens is 310 g/mol. The van der Waals surface area contributed by atoms with E-state index >= 15 is 0 Å². The minimum atomic E-state index is -3.48. The van der Waals surface area contributed by atoms with Crippen LogP contribution in [0.2, 0.25) is 0 Å². The predicted octanol–water partition coefficient (Wildman–Crippen LogP) is 3.35. The van der Waals surface area contributed by atoms with E-state index in [1.165, 1.54) is 4.31 Å². The number of sulfonamides is 1. The van der Waals surface area contributed by atoms with Crippen LogP contribution in [0.4, 0.5) is 0 Å². The van der Waals surface area contributed by atoms with Gasteiger partial charge < -0.3 is 0 Å². The molecule has 23 heavy (non-hydrogen) atoms. The average Bonchev–Trinajstić information content (AvgIpc) is 2.93. The van der Waals surface area contributed by atoms with Gasteiger partial charge in [-0.25, -0.2) is 12.7 Å². The van der Waals surface area contributed by atoms with Gasteiger partial charge in [0.15, 0.2) is 0 Å². The van der Waals surface area contributed by atoms with Crippen LogP contribution in [0.3, 0.4) is 0 Å². The van der Waals surface area contributed by atoms with Crippen molar-refractivity contribution in [3.05, 3.63) is 11.6 Å². The third kappa shape index (κ3) is 2.15. The summed E-state index contributed by atoms with van der Waals surface area (Å²) in [4.78, 5) is 13.0. The van der Waals surface area contributed by atoms with Crippen LogP contribution in [-0.2, 0) is 14.8 Å². The quantitative estimate of drug-likeness (QED) is 0.741. The van der Waals surface area contributed by atoms with Crippen LogP contribution in [0.25, 0.3) is 0 Å². The van der Waals surface area contributed by atoms with E-state index in [9.17, 15) is 13.2 Å². The lowest BCUT2D eigenvalue weighted by molar-refractivity contribution is -0.132. The lowest BCUT2D eigenvalue weighted by atomic mass is 9.69. The molecule has 0 radical (unpaired) electrons. The molecule has 3 rings (SSSR count). The van der Waals surface area contributed by atoms with Crippen molar-refractivity contribution in [2.75, 3.05) is 5.75 Å². The normalized spacial score (nSPS) is 38.7. The van der Waals surface area contributed by atoms with Gasteiger partial charge in [0.05, 0.1) is 11.8 Å². The van der Waals surface area contributed by atoms with Gasteiger partial charge in [0, 0.05) is 11.3 Å². The molecule has 1 saturated heterocycles. The second-order valence-electron chi connectivity index (χ2n) is 8.50. The predicted molar refractivity (Wildman–Crippen MR) is 91.2 cm³/mol. The van der Waals surface area contributed by atoms with Crippen LogP contribution in [0.15, 0.2) is 11.6 Å². The molecule has 4 atom stereocenters. The minimum absolute atomic E-state index is 0.0161. The molecule has 5 heteroatoms. The Kier molecular flexibility index (Phi) is 3.75. The first-order valence-electron chi connectivity index (χ1n) is 8.74. The van der Waals surface area contributed by atoms with Crippen molar-refractivity contribution in [1.29, 1.82) is 0 Å². The third-order valence-electron chi connectivity index (χ3n) is 7.17. The van der Waals surface area contributed by atoms with E-state index in [4.69, 9.17) is 0 Å². The Morgan fingerprint density at radius 2 is 2.04 bits per heavy atom. The number of allylic oxidation sites excluding steroid dienone is 2. The van der Waals surface area contributed by atoms with E-state index < -0.39 is 10.0 Å². The van der Waals surface area contributed by atoms with Gasteiger partial charge in [-0.1, -0.05) is 32.4 Å². The van der Waals surface area contributed by atoms with E-state index in [0.29, 0.717) is 12.3 Å². The maximum atomic E-state index is 13.0. The summed E-state index contributed by atoms with van der Waals surface area (Å²) in [5, 5.41) is 0. The number of amides is 1. The number of carbonyl (C=O) groups excluding carboxylic acids is 1. The molecule has 0 aromatic heterocycles. The van der Waals surface area contributed by atoms with Crippen LogP contribution >= 0.6 is 0 Å². The van der Waals surface area contributed by atoms with Crippen molar-refractivity contribution in [1.82, 2.24) is 4.31 Å². The zero-order chi connectivity index (χ0) is 17.2. The molecule has 0 aromatic rings. The molecule has 1 spiro atoms. The molecule has 3 aliphatic rings. The van der Waals surface area contributed by atoms with Crippen molar-refractivity contribution in [3.8, 4) is 0 Å². The van der Waals surface area contributed by atoms with Crippen molar-refractivity contribution in [2.45, 2.75) is 66.3 Å². The SMILES string of the molecule is C/C=C(\C)C[C@H](C)C(=O)N1[C@@H]2C[C@H]3CC[C@]2(CS1(=O)=O)C3(C)C. The van der Waals surface area contributed by atoms with Crippen molar-refractivity contribution < 1.29 is 13.2 Å². The van der Waals surface area contributed by atoms with E-state index in [2.05, 4.69) is 13.8 Å². The van der Waals surface area contributed by atoms with Gasteiger partial charge >= 0.3 is 0 Å². The first-order chi connectivity index (χ1) is 10.6. The first kappa shape index (κ1) is 17.0. The lowest BCUT2D eigenvalue weighted by Crippen LogP contribution is -2.45. The van der Waals surface area contributed by atoms with Crippen LogP contribution in [0.1, 0.15) is 60.3 Å². The molecule has 130 valence electrons. The maximum absolute atomic E-state index is 13.0. The average molecular weight is 340 g/mol. The number of hydrogen-bond acceptors (Lipinski definition) is 3. The topological polar surface area (TPSA) is 54.5 Å². The Hall–Kier alpha value is -0.840. The largest absolute Gasteiger partial charge is 0.273 e. The fraction of sp³-hybridized carbons (Fsp3) is 0.833. The summed E-state index contributed by atoms with van der Waals surface area (Å²) in [6.07, 6.45) is 5.53. The Morgan fingerprint density at radius 1 is 1.39 bits per heavy atom. The number of fused-ring (bicyclic) bond motifs is 1. The fourth-order valence-corrected chi connectivity index (χ4v) is 8.11. The van der Waals surface area contributed by atoms with Gasteiger partial charge in [-0.05, 0) is 50.9 Å². The van der Waals surface area contributed by atoms with Gasteiger partial charge in [-0.15, -0.1) is 0 Å². The van der Waals surface area contributed by atoms with Gasteiger partial charge in [0.1, 0.15) is 0 Å². The summed E-state index contributed by atoms with van der Waals surface area (Å²) in [6, 6.07) is -0.109. The number of rotatable bonds is 3. The summed E-state index contributed by atoms with van der Waals surface area (Å²) < 4.78 is 27.0. The number of nitrogens with zero attached hydrogens (tertiary/aromatic N) is 1. The van der Waals surface area contributed by atoms with Crippen LogP contribution in [0.5, 0.6) is 0 Å². The summed E-state index contributed by atoms with van der Waals surface area (Å²) >= 11 is 0. The summed E-state index contributed by atoms with van der Waals surface area (Å²) in [5.74, 6) is 0.232. The Balaban J connectivity index is 1.93. The molecule has 2 aliphatic carbocycles. The van der Waals surface area contributed by atoms with Gasteiger partial charge in [0.25, 0.3) is 0 Å². The molecule has 1 amide bonds. The molecule has 1 heterocycles. The second kappa shape index (κ2) is 5.08. The van der Waals surface area contributed by atoms with E-state index in [1.54, 1.807) is 0 Å². The molecule has 0 unspecified atom stereocenters. The Labute approximate surface area is 140 Å². The standard InChI is InChI=1S/C18H29NO3S/c1-6-12(2)9-13(3)16(20)19-15-10-14-7-8-18(15,17(14,4)5)11-23(19,21)22/h6,13-15H,7-11H2,1-5H3/b12-6+/t13-,14+,15+,18+/m0/s1. The molecule has 2 bridgehead atoms. The van der Waals surface area contributed by atoms with Crippen LogP contribution < -0.4 is 0 Å². The molecule has 1 aliphatic heterocycles. The van der Waals surface area contributed by atoms with E-state index in [-0.39, 0.29) is 34.4 Å². The van der Waals surface area contributed by atoms with Gasteiger partial charge in [-0.3, -0.25) is 4.79 Å². The van der Waals surface area contributed by atoms with Gasteiger partial charge in [0.2, 0.25) is 15.9 Å². The zero-order valence-electron chi connectivity index (χ0n) is 14.9. The van der Waals surface area contributed by atoms with Crippen LogP contribution in [-0.4, -0.2) is 30.4 Å². The number of hydrogen-bond donors (Lipinski definition) is 0. The highest BCUT2D eigenvalue weighted by Gasteiger charge is 2.72. The monoisotopic (exact) mass is 339 g/mol. The maximum Gasteiger partial charge on any atom is 0.239 e. The van der Waals surface area contributed by atoms with E-state index in [0.717, 1.165) is 24.8 Å². The third-order valence-corrected chi connectivity index (χ3v) is 9.08. The van der Waals surface area contributed by atoms with Crippen molar-refractivity contribution in [2.24, 2.45) is 22.7 Å². The molecule has 4 nitrogen and oxygen atoms in total. The smallest absolute Gasteiger partial charge is 0.239 e. The molecular formula is C18H29NO3S. The summed E-state index contributed by atoms with van der Waals surface area (Å²) in [7, 11) is -3.48. The highest BCUT2D eigenvalue weighted by molar-refractivity contribution is 7.90. The molecule has 2 saturated carbocycles. The zero-order valence-corrected chi connectivity index (χ0v) is 15.7. The van der Waals surface area contributed by atoms with Crippen molar-refractivity contribution in [3.63, 3.8) is 0 Å². The lowest BCUT2D eigenvalue weighted by Gasteiger charge is -2.37. The van der Waals surface area contributed by atoms with Crippen molar-refractivity contribution >= 4 is 15.9 Å². The second-order valence-corrected chi connectivity index (χ2v) is 10.3. The minimum Gasteiger partial charge on any atom is -0.273 e. The summed E-state index contributed by atoms with van der Waals surface area (Å²) in [5.41, 5.74) is 0.925. The fourth-order valence-electron chi connectivity index (χ4n) is 5.48. The Morgan fingerprint density at radius 3 is 2.61 bits per heavy atom. The molecule has 0 aromatic carbocycles. The Bertz CT molecular complexity index is 664. The van der Waals surface area contributed by atoms with Gasteiger partial charge in [-0.2, -0.15) is 0 Å². The highest BCUT2D eigenvalue weighted by Crippen LogP contribution is 2.70. The molecule has 3 fully saturated rings. The molecule has 0 N–H and O–H groups in total. The highest BCUT2D eigenvalue weighted by atomic mass is 32.2.